The highest BCUT2D eigenvalue weighted by atomic mass is 79.9. The third-order valence-electron chi connectivity index (χ3n) is 5.19. The summed E-state index contributed by atoms with van der Waals surface area (Å²) in [5.74, 6) is 2.18. The molecule has 3 aromatic carbocycles. The third-order valence-corrected chi connectivity index (χ3v) is 5.81. The fourth-order valence-corrected chi connectivity index (χ4v) is 3.82. The van der Waals surface area contributed by atoms with Gasteiger partial charge in [0.1, 0.15) is 17.2 Å². The lowest BCUT2D eigenvalue weighted by Crippen LogP contribution is -2.43. The quantitative estimate of drug-likeness (QED) is 0.393. The Labute approximate surface area is 201 Å². The van der Waals surface area contributed by atoms with Crippen LogP contribution in [0.3, 0.4) is 0 Å². The number of aliphatic imine (C=N–C) groups is 1. The van der Waals surface area contributed by atoms with Gasteiger partial charge in [0.2, 0.25) is 0 Å². The molecule has 0 bridgehead atoms. The molecule has 0 saturated carbocycles. The van der Waals surface area contributed by atoms with Crippen molar-refractivity contribution in [3.8, 4) is 17.2 Å². The first-order chi connectivity index (χ1) is 16.1. The Bertz CT molecular complexity index is 1130. The number of carbonyl (C=O) groups excluding carboxylic acids is 1. The van der Waals surface area contributed by atoms with Gasteiger partial charge in [-0.2, -0.15) is 0 Å². The molecule has 1 aliphatic rings. The largest absolute Gasteiger partial charge is 0.483 e. The highest BCUT2D eigenvalue weighted by molar-refractivity contribution is 9.10. The second-order valence-electron chi connectivity index (χ2n) is 7.59. The molecule has 1 saturated heterocycles. The van der Waals surface area contributed by atoms with E-state index in [1.165, 1.54) is 0 Å². The van der Waals surface area contributed by atoms with Crippen molar-refractivity contribution >= 4 is 33.7 Å². The van der Waals surface area contributed by atoms with Crippen LogP contribution in [0.25, 0.3) is 0 Å². The van der Waals surface area contributed by atoms with Crippen LogP contribution in [0.15, 0.2) is 76.2 Å². The maximum atomic E-state index is 12.3. The maximum absolute atomic E-state index is 12.3. The molecule has 0 unspecified atom stereocenters. The summed E-state index contributed by atoms with van der Waals surface area (Å²) in [6, 6.07) is 21.2. The van der Waals surface area contributed by atoms with Crippen molar-refractivity contribution in [2.45, 2.75) is 6.92 Å². The van der Waals surface area contributed by atoms with Crippen LogP contribution in [0.1, 0.15) is 11.1 Å². The van der Waals surface area contributed by atoms with Crippen LogP contribution in [0.5, 0.6) is 17.2 Å². The maximum Gasteiger partial charge on any atom is 0.260 e. The summed E-state index contributed by atoms with van der Waals surface area (Å²) < 4.78 is 17.7. The van der Waals surface area contributed by atoms with Gasteiger partial charge < -0.3 is 19.1 Å². The molecule has 0 atom stereocenters. The predicted octanol–water partition coefficient (Wildman–Crippen LogP) is 5.54. The number of morpholine rings is 1. The lowest BCUT2D eigenvalue weighted by atomic mass is 10.2. The van der Waals surface area contributed by atoms with E-state index in [-0.39, 0.29) is 12.5 Å². The molecule has 0 N–H and O–H groups in total. The number of hydrogen-bond donors (Lipinski definition) is 0. The second kappa shape index (κ2) is 11.1. The molecule has 0 radical (unpaired) electrons. The van der Waals surface area contributed by atoms with Gasteiger partial charge in [-0.25, -0.2) is 0 Å². The Morgan fingerprint density at radius 1 is 1.06 bits per heavy atom. The Morgan fingerprint density at radius 3 is 2.55 bits per heavy atom. The lowest BCUT2D eigenvalue weighted by molar-refractivity contribution is -0.137. The summed E-state index contributed by atoms with van der Waals surface area (Å²) >= 11 is 3.52. The van der Waals surface area contributed by atoms with Crippen molar-refractivity contribution in [3.05, 3.63) is 82.3 Å². The molecule has 0 aromatic heterocycles. The molecule has 33 heavy (non-hydrogen) atoms. The molecule has 0 spiro atoms. The molecule has 4 rings (SSSR count). The highest BCUT2D eigenvalue weighted by Gasteiger charge is 2.17. The molecule has 1 amide bonds. The van der Waals surface area contributed by atoms with Crippen LogP contribution in [0.2, 0.25) is 0 Å². The normalized spacial score (nSPS) is 13.8. The first kappa shape index (κ1) is 23.0. The highest BCUT2D eigenvalue weighted by Crippen LogP contribution is 2.28. The van der Waals surface area contributed by atoms with E-state index in [9.17, 15) is 4.79 Å². The van der Waals surface area contributed by atoms with Crippen LogP contribution >= 0.6 is 15.9 Å². The number of ether oxygens (including phenoxy) is 3. The van der Waals surface area contributed by atoms with Crippen molar-refractivity contribution in [3.63, 3.8) is 0 Å². The Balaban J connectivity index is 1.33. The van der Waals surface area contributed by atoms with Crippen molar-refractivity contribution in [2.24, 2.45) is 4.99 Å². The summed E-state index contributed by atoms with van der Waals surface area (Å²) in [6.45, 7) is 4.39. The molecule has 170 valence electrons. The Kier molecular flexibility index (Phi) is 7.75. The van der Waals surface area contributed by atoms with Gasteiger partial charge >= 0.3 is 0 Å². The van der Waals surface area contributed by atoms with Crippen molar-refractivity contribution in [1.82, 2.24) is 4.90 Å². The number of amides is 1. The average molecular weight is 509 g/mol. The first-order valence-electron chi connectivity index (χ1n) is 10.7. The number of halogens is 1. The minimum Gasteiger partial charge on any atom is -0.483 e. The van der Waals surface area contributed by atoms with E-state index < -0.39 is 0 Å². The molecule has 0 aliphatic carbocycles. The van der Waals surface area contributed by atoms with Gasteiger partial charge in [-0.3, -0.25) is 9.79 Å². The zero-order valence-corrected chi connectivity index (χ0v) is 20.0. The van der Waals surface area contributed by atoms with Gasteiger partial charge in [-0.15, -0.1) is 0 Å². The van der Waals surface area contributed by atoms with E-state index in [2.05, 4.69) is 20.9 Å². The molecule has 3 aromatic rings. The van der Waals surface area contributed by atoms with Gasteiger partial charge in [-0.05, 0) is 82.5 Å². The summed E-state index contributed by atoms with van der Waals surface area (Å²) in [5, 5.41) is 0. The minimum atomic E-state index is -0.0364. The molecule has 6 nitrogen and oxygen atoms in total. The van der Waals surface area contributed by atoms with Crippen LogP contribution < -0.4 is 9.47 Å². The number of carbonyl (C=O) groups is 1. The number of nitrogens with zero attached hydrogens (tertiary/aromatic N) is 2. The zero-order valence-electron chi connectivity index (χ0n) is 18.4. The number of aryl methyl sites for hydroxylation is 1. The number of benzene rings is 3. The molecular formula is C26H25BrN2O4. The van der Waals surface area contributed by atoms with E-state index >= 15 is 0 Å². The van der Waals surface area contributed by atoms with E-state index in [1.54, 1.807) is 11.1 Å². The summed E-state index contributed by atoms with van der Waals surface area (Å²) in [7, 11) is 0. The van der Waals surface area contributed by atoms with Crippen LogP contribution in [0.4, 0.5) is 5.69 Å². The lowest BCUT2D eigenvalue weighted by Gasteiger charge is -2.26. The smallest absolute Gasteiger partial charge is 0.260 e. The molecule has 1 heterocycles. The van der Waals surface area contributed by atoms with Crippen molar-refractivity contribution in [1.29, 1.82) is 0 Å². The average Bonchev–Trinajstić information content (AvgIpc) is 2.85. The summed E-state index contributed by atoms with van der Waals surface area (Å²) in [4.78, 5) is 18.5. The number of hydrogen-bond acceptors (Lipinski definition) is 5. The minimum absolute atomic E-state index is 0.00294. The molecule has 1 aliphatic heterocycles. The predicted molar refractivity (Wildman–Crippen MR) is 132 cm³/mol. The fourth-order valence-electron chi connectivity index (χ4n) is 3.31. The van der Waals surface area contributed by atoms with Gasteiger partial charge in [0.25, 0.3) is 5.91 Å². The van der Waals surface area contributed by atoms with Crippen molar-refractivity contribution in [2.75, 3.05) is 32.9 Å². The van der Waals surface area contributed by atoms with Gasteiger partial charge in [0.05, 0.1) is 23.4 Å². The fraction of sp³-hybridized carbons (Fsp3) is 0.231. The van der Waals surface area contributed by atoms with Crippen molar-refractivity contribution < 1.29 is 19.0 Å². The molecule has 1 fully saturated rings. The van der Waals surface area contributed by atoms with E-state index in [0.29, 0.717) is 32.1 Å². The Morgan fingerprint density at radius 2 is 1.82 bits per heavy atom. The summed E-state index contributed by atoms with van der Waals surface area (Å²) in [5.41, 5.74) is 2.82. The summed E-state index contributed by atoms with van der Waals surface area (Å²) in [6.07, 6.45) is 1.78. The van der Waals surface area contributed by atoms with E-state index in [1.807, 2.05) is 73.7 Å². The zero-order chi connectivity index (χ0) is 23.0. The standard InChI is InChI=1S/C26H25BrN2O4/c1-19-4-2-3-5-24(19)33-22-9-7-21(8-10-22)28-17-20-6-11-25(23(27)16-20)32-18-26(30)29-12-14-31-15-13-29/h2-11,16-17H,12-15,18H2,1H3. The second-order valence-corrected chi connectivity index (χ2v) is 8.45. The SMILES string of the molecule is Cc1ccccc1Oc1ccc(N=Cc2ccc(OCC(=O)N3CCOCC3)c(Br)c2)cc1. The monoisotopic (exact) mass is 508 g/mol. The Hall–Kier alpha value is -3.16. The van der Waals surface area contributed by atoms with Crippen LogP contribution in [-0.4, -0.2) is 49.9 Å². The van der Waals surface area contributed by atoms with Gasteiger partial charge in [0.15, 0.2) is 6.61 Å². The van der Waals surface area contributed by atoms with Crippen LogP contribution in [-0.2, 0) is 9.53 Å². The van der Waals surface area contributed by atoms with E-state index in [4.69, 9.17) is 14.2 Å². The van der Waals surface area contributed by atoms with E-state index in [0.717, 1.165) is 32.8 Å². The molecule has 7 heteroatoms. The number of rotatable bonds is 7. The first-order valence-corrected chi connectivity index (χ1v) is 11.5. The number of para-hydroxylation sites is 1. The molecular weight excluding hydrogens is 484 g/mol. The topological polar surface area (TPSA) is 60.4 Å². The third kappa shape index (κ3) is 6.43. The van der Waals surface area contributed by atoms with Gasteiger partial charge in [-0.1, -0.05) is 18.2 Å². The van der Waals surface area contributed by atoms with Gasteiger partial charge in [0, 0.05) is 19.3 Å². The van der Waals surface area contributed by atoms with Crippen LogP contribution in [0, 0.1) is 6.92 Å².